The Kier molecular flexibility index (Phi) is 4.53. The first-order valence-electron chi connectivity index (χ1n) is 6.80. The lowest BCUT2D eigenvalue weighted by Crippen LogP contribution is -2.17. The van der Waals surface area contributed by atoms with E-state index in [4.69, 9.17) is 5.73 Å². The van der Waals surface area contributed by atoms with Crippen LogP contribution >= 0.6 is 0 Å². The molecule has 1 unspecified atom stereocenters. The van der Waals surface area contributed by atoms with Gasteiger partial charge in [0.25, 0.3) is 0 Å². The molecule has 0 radical (unpaired) electrons. The zero-order valence-corrected chi connectivity index (χ0v) is 11.6. The summed E-state index contributed by atoms with van der Waals surface area (Å²) in [6.07, 6.45) is 2.81. The van der Waals surface area contributed by atoms with Crippen LogP contribution in [0.15, 0.2) is 48.7 Å². The average molecular weight is 255 g/mol. The maximum atomic E-state index is 5.99. The second kappa shape index (κ2) is 6.34. The molecular weight excluding hydrogens is 234 g/mol. The molecule has 1 atom stereocenters. The van der Waals surface area contributed by atoms with Crippen molar-refractivity contribution in [3.8, 4) is 0 Å². The van der Waals surface area contributed by atoms with Crippen LogP contribution in [0.2, 0.25) is 0 Å². The number of aromatic nitrogens is 1. The maximum Gasteiger partial charge on any atom is 0.0597 e. The zero-order chi connectivity index (χ0) is 13.7. The van der Waals surface area contributed by atoms with Crippen molar-refractivity contribution < 1.29 is 0 Å². The Hall–Kier alpha value is -1.87. The van der Waals surface area contributed by atoms with E-state index in [2.05, 4.69) is 41.9 Å². The molecule has 0 aliphatic carbocycles. The molecule has 3 heteroatoms. The van der Waals surface area contributed by atoms with Crippen molar-refractivity contribution in [2.45, 2.75) is 26.3 Å². The van der Waals surface area contributed by atoms with Gasteiger partial charge in [-0.2, -0.15) is 0 Å². The van der Waals surface area contributed by atoms with Crippen molar-refractivity contribution in [1.82, 2.24) is 4.98 Å². The van der Waals surface area contributed by atoms with Gasteiger partial charge in [-0.3, -0.25) is 4.98 Å². The van der Waals surface area contributed by atoms with Crippen LogP contribution in [0.25, 0.3) is 0 Å². The Morgan fingerprint density at radius 1 is 1.05 bits per heavy atom. The minimum atomic E-state index is 0.0286. The third kappa shape index (κ3) is 3.12. The van der Waals surface area contributed by atoms with Crippen molar-refractivity contribution >= 4 is 11.4 Å². The highest BCUT2D eigenvalue weighted by Gasteiger charge is 2.09. The SMILES string of the molecule is CCC(N)c1ccc(N(CC)c2ccccc2)cn1. The molecule has 0 fully saturated rings. The van der Waals surface area contributed by atoms with Crippen molar-refractivity contribution in [2.24, 2.45) is 5.73 Å². The number of nitrogens with two attached hydrogens (primary N) is 1. The number of nitrogens with zero attached hydrogens (tertiary/aromatic N) is 2. The lowest BCUT2D eigenvalue weighted by Gasteiger charge is -2.23. The molecule has 100 valence electrons. The molecule has 1 heterocycles. The molecule has 0 aliphatic rings. The Morgan fingerprint density at radius 3 is 2.32 bits per heavy atom. The van der Waals surface area contributed by atoms with Crippen molar-refractivity contribution in [3.05, 3.63) is 54.4 Å². The number of para-hydroxylation sites is 1. The number of anilines is 2. The van der Waals surface area contributed by atoms with E-state index in [9.17, 15) is 0 Å². The predicted octanol–water partition coefficient (Wildman–Crippen LogP) is 3.65. The van der Waals surface area contributed by atoms with E-state index in [1.807, 2.05) is 30.5 Å². The predicted molar refractivity (Wildman–Crippen MR) is 80.6 cm³/mol. The molecule has 0 amide bonds. The van der Waals surface area contributed by atoms with Gasteiger partial charge in [-0.25, -0.2) is 0 Å². The summed E-state index contributed by atoms with van der Waals surface area (Å²) in [7, 11) is 0. The smallest absolute Gasteiger partial charge is 0.0597 e. The summed E-state index contributed by atoms with van der Waals surface area (Å²) < 4.78 is 0. The van der Waals surface area contributed by atoms with Crippen molar-refractivity contribution in [2.75, 3.05) is 11.4 Å². The maximum absolute atomic E-state index is 5.99. The van der Waals surface area contributed by atoms with Crippen LogP contribution in [0.1, 0.15) is 32.0 Å². The molecule has 3 nitrogen and oxygen atoms in total. The van der Waals surface area contributed by atoms with Gasteiger partial charge in [-0.05, 0) is 37.6 Å². The van der Waals surface area contributed by atoms with Crippen LogP contribution in [0.5, 0.6) is 0 Å². The van der Waals surface area contributed by atoms with Crippen LogP contribution in [0.3, 0.4) is 0 Å². The Morgan fingerprint density at radius 2 is 1.79 bits per heavy atom. The van der Waals surface area contributed by atoms with Crippen molar-refractivity contribution in [1.29, 1.82) is 0 Å². The van der Waals surface area contributed by atoms with E-state index in [1.165, 1.54) is 5.69 Å². The number of pyridine rings is 1. The normalized spacial score (nSPS) is 12.2. The summed E-state index contributed by atoms with van der Waals surface area (Å²) in [4.78, 5) is 6.71. The molecule has 2 aromatic rings. The van der Waals surface area contributed by atoms with Gasteiger partial charge in [0.1, 0.15) is 0 Å². The van der Waals surface area contributed by atoms with E-state index >= 15 is 0 Å². The van der Waals surface area contributed by atoms with Crippen LogP contribution < -0.4 is 10.6 Å². The summed E-state index contributed by atoms with van der Waals surface area (Å²) in [6.45, 7) is 5.12. The number of benzene rings is 1. The molecule has 19 heavy (non-hydrogen) atoms. The van der Waals surface area contributed by atoms with Gasteiger partial charge >= 0.3 is 0 Å². The van der Waals surface area contributed by atoms with Crippen LogP contribution in [0, 0.1) is 0 Å². The largest absolute Gasteiger partial charge is 0.341 e. The van der Waals surface area contributed by atoms with E-state index in [1.54, 1.807) is 0 Å². The highest BCUT2D eigenvalue weighted by molar-refractivity contribution is 5.62. The lowest BCUT2D eigenvalue weighted by atomic mass is 10.1. The van der Waals surface area contributed by atoms with Gasteiger partial charge in [-0.1, -0.05) is 25.1 Å². The molecule has 0 aliphatic heterocycles. The third-order valence-electron chi connectivity index (χ3n) is 3.29. The van der Waals surface area contributed by atoms with E-state index in [0.717, 1.165) is 24.3 Å². The highest BCUT2D eigenvalue weighted by Crippen LogP contribution is 2.24. The van der Waals surface area contributed by atoms with Gasteiger partial charge in [0.2, 0.25) is 0 Å². The van der Waals surface area contributed by atoms with Crippen LogP contribution in [-0.2, 0) is 0 Å². The Bertz CT molecular complexity index is 493. The summed E-state index contributed by atoms with van der Waals surface area (Å²) in [5.74, 6) is 0. The van der Waals surface area contributed by atoms with Gasteiger partial charge in [0.05, 0.1) is 17.6 Å². The first kappa shape index (κ1) is 13.6. The van der Waals surface area contributed by atoms with E-state index in [0.29, 0.717) is 0 Å². The summed E-state index contributed by atoms with van der Waals surface area (Å²) in [6, 6.07) is 14.5. The Balaban J connectivity index is 2.25. The van der Waals surface area contributed by atoms with Gasteiger partial charge < -0.3 is 10.6 Å². The van der Waals surface area contributed by atoms with Crippen LogP contribution in [0.4, 0.5) is 11.4 Å². The van der Waals surface area contributed by atoms with E-state index < -0.39 is 0 Å². The van der Waals surface area contributed by atoms with Crippen molar-refractivity contribution in [3.63, 3.8) is 0 Å². The highest BCUT2D eigenvalue weighted by atomic mass is 15.1. The monoisotopic (exact) mass is 255 g/mol. The van der Waals surface area contributed by atoms with Gasteiger partial charge in [0.15, 0.2) is 0 Å². The quantitative estimate of drug-likeness (QED) is 0.886. The Labute approximate surface area is 115 Å². The number of hydrogen-bond donors (Lipinski definition) is 1. The molecule has 1 aromatic heterocycles. The minimum Gasteiger partial charge on any atom is -0.341 e. The molecule has 1 aromatic carbocycles. The molecule has 2 rings (SSSR count). The average Bonchev–Trinajstić information content (AvgIpc) is 2.49. The van der Waals surface area contributed by atoms with Gasteiger partial charge in [0, 0.05) is 18.3 Å². The third-order valence-corrected chi connectivity index (χ3v) is 3.29. The fraction of sp³-hybridized carbons (Fsp3) is 0.312. The van der Waals surface area contributed by atoms with Gasteiger partial charge in [-0.15, -0.1) is 0 Å². The number of rotatable bonds is 5. The van der Waals surface area contributed by atoms with Crippen LogP contribution in [-0.4, -0.2) is 11.5 Å². The molecule has 0 spiro atoms. The zero-order valence-electron chi connectivity index (χ0n) is 11.6. The first-order valence-corrected chi connectivity index (χ1v) is 6.80. The molecule has 0 saturated carbocycles. The summed E-state index contributed by atoms with van der Waals surface area (Å²) in [5, 5.41) is 0. The second-order valence-electron chi connectivity index (χ2n) is 4.54. The fourth-order valence-corrected chi connectivity index (χ4v) is 2.11. The topological polar surface area (TPSA) is 42.1 Å². The second-order valence-corrected chi connectivity index (χ2v) is 4.54. The molecule has 2 N–H and O–H groups in total. The van der Waals surface area contributed by atoms with E-state index in [-0.39, 0.29) is 6.04 Å². The molecule has 0 saturated heterocycles. The fourth-order valence-electron chi connectivity index (χ4n) is 2.11. The molecular formula is C16H21N3. The lowest BCUT2D eigenvalue weighted by molar-refractivity contribution is 0.675. The standard InChI is InChI=1S/C16H21N3/c1-3-15(17)16-11-10-14(12-18-16)19(4-2)13-8-6-5-7-9-13/h5-12,15H,3-4,17H2,1-2H3. The molecule has 0 bridgehead atoms. The summed E-state index contributed by atoms with van der Waals surface area (Å²) >= 11 is 0. The number of hydrogen-bond acceptors (Lipinski definition) is 3. The first-order chi connectivity index (χ1) is 9.26. The minimum absolute atomic E-state index is 0.0286. The summed E-state index contributed by atoms with van der Waals surface area (Å²) in [5.41, 5.74) is 9.22.